The van der Waals surface area contributed by atoms with Gasteiger partial charge in [0.25, 0.3) is 0 Å². The predicted molar refractivity (Wildman–Crippen MR) is 113 cm³/mol. The fourth-order valence-electron chi connectivity index (χ4n) is 3.65. The number of rotatable bonds is 10. The van der Waals surface area contributed by atoms with Crippen LogP contribution in [0.4, 0.5) is 0 Å². The van der Waals surface area contributed by atoms with Gasteiger partial charge in [0, 0.05) is 38.1 Å². The zero-order valence-corrected chi connectivity index (χ0v) is 18.7. The molecule has 25 heavy (non-hydrogen) atoms. The standard InChI is InChI=1S/C18H35N3O3.HI/c1-6-18(7-2)14(13-15(18)24-8-3)21-17(19-4)20-12-10-9-11-16(22)23-5;/h14-15H,6-13H2,1-5H3,(H2,19,20,21);1H. The number of nitrogens with zero attached hydrogens (tertiary/aromatic N) is 1. The molecule has 1 fully saturated rings. The molecule has 1 saturated carbocycles. The number of carbonyl (C=O) groups excluding carboxylic acids is 1. The van der Waals surface area contributed by atoms with Crippen molar-refractivity contribution in [3.63, 3.8) is 0 Å². The molecule has 7 heteroatoms. The minimum Gasteiger partial charge on any atom is -0.469 e. The van der Waals surface area contributed by atoms with E-state index in [1.165, 1.54) is 7.11 Å². The number of hydrogen-bond acceptors (Lipinski definition) is 4. The Kier molecular flexibility index (Phi) is 12.4. The number of guanidine groups is 1. The summed E-state index contributed by atoms with van der Waals surface area (Å²) in [6, 6.07) is 0.394. The second-order valence-electron chi connectivity index (χ2n) is 6.35. The lowest BCUT2D eigenvalue weighted by Crippen LogP contribution is -2.65. The Morgan fingerprint density at radius 3 is 2.44 bits per heavy atom. The maximum absolute atomic E-state index is 11.1. The second kappa shape index (κ2) is 12.7. The summed E-state index contributed by atoms with van der Waals surface area (Å²) in [5, 5.41) is 6.90. The Labute approximate surface area is 169 Å². The summed E-state index contributed by atoms with van der Waals surface area (Å²) in [5.41, 5.74) is 0.193. The van der Waals surface area contributed by atoms with Crippen LogP contribution in [-0.4, -0.2) is 51.4 Å². The lowest BCUT2D eigenvalue weighted by Gasteiger charge is -2.55. The minimum absolute atomic E-state index is 0. The lowest BCUT2D eigenvalue weighted by molar-refractivity contribution is -0.140. The molecule has 0 aliphatic heterocycles. The van der Waals surface area contributed by atoms with Gasteiger partial charge >= 0.3 is 5.97 Å². The quantitative estimate of drug-likeness (QED) is 0.169. The van der Waals surface area contributed by atoms with Crippen LogP contribution in [0.5, 0.6) is 0 Å². The molecule has 0 radical (unpaired) electrons. The SMILES string of the molecule is CCOC1CC(NC(=NC)NCCCCC(=O)OC)C1(CC)CC.I. The molecule has 0 bridgehead atoms. The number of esters is 1. The van der Waals surface area contributed by atoms with E-state index in [1.54, 1.807) is 7.05 Å². The highest BCUT2D eigenvalue weighted by Gasteiger charge is 2.53. The van der Waals surface area contributed by atoms with E-state index in [0.717, 1.165) is 51.2 Å². The molecular formula is C18H36IN3O3. The van der Waals surface area contributed by atoms with Crippen LogP contribution in [-0.2, 0) is 14.3 Å². The molecule has 0 heterocycles. The van der Waals surface area contributed by atoms with E-state index in [-0.39, 0.29) is 35.4 Å². The number of aliphatic imine (C=N–C) groups is 1. The summed E-state index contributed by atoms with van der Waals surface area (Å²) < 4.78 is 10.6. The summed E-state index contributed by atoms with van der Waals surface area (Å²) >= 11 is 0. The maximum atomic E-state index is 11.1. The summed E-state index contributed by atoms with van der Waals surface area (Å²) in [5.74, 6) is 0.684. The van der Waals surface area contributed by atoms with Gasteiger partial charge in [-0.15, -0.1) is 24.0 Å². The van der Waals surface area contributed by atoms with E-state index in [4.69, 9.17) is 4.74 Å². The molecular weight excluding hydrogens is 433 g/mol. The Morgan fingerprint density at radius 2 is 1.92 bits per heavy atom. The highest BCUT2D eigenvalue weighted by atomic mass is 127. The third kappa shape index (κ3) is 6.58. The molecule has 0 saturated heterocycles. The molecule has 2 unspecified atom stereocenters. The van der Waals surface area contributed by atoms with Crippen molar-refractivity contribution >= 4 is 35.9 Å². The lowest BCUT2D eigenvalue weighted by atomic mass is 9.58. The van der Waals surface area contributed by atoms with E-state index >= 15 is 0 Å². The van der Waals surface area contributed by atoms with E-state index in [9.17, 15) is 4.79 Å². The molecule has 0 aromatic heterocycles. The Hall–Kier alpha value is -0.570. The average molecular weight is 469 g/mol. The van der Waals surface area contributed by atoms with Crippen LogP contribution in [0.1, 0.15) is 59.3 Å². The van der Waals surface area contributed by atoms with Gasteiger partial charge in [-0.2, -0.15) is 0 Å². The molecule has 1 aliphatic rings. The van der Waals surface area contributed by atoms with Gasteiger partial charge in [-0.25, -0.2) is 0 Å². The van der Waals surface area contributed by atoms with Gasteiger partial charge in [0.15, 0.2) is 5.96 Å². The number of halogens is 1. The maximum Gasteiger partial charge on any atom is 0.305 e. The molecule has 1 aliphatic carbocycles. The third-order valence-corrected chi connectivity index (χ3v) is 5.33. The van der Waals surface area contributed by atoms with Crippen molar-refractivity contribution in [2.24, 2.45) is 10.4 Å². The second-order valence-corrected chi connectivity index (χ2v) is 6.35. The summed E-state index contributed by atoms with van der Waals surface area (Å²) in [6.07, 6.45) is 5.77. The zero-order valence-electron chi connectivity index (χ0n) is 16.4. The molecule has 0 spiro atoms. The van der Waals surface area contributed by atoms with Gasteiger partial charge < -0.3 is 20.1 Å². The van der Waals surface area contributed by atoms with Crippen LogP contribution >= 0.6 is 24.0 Å². The highest BCUT2D eigenvalue weighted by Crippen LogP contribution is 2.48. The van der Waals surface area contributed by atoms with Crippen LogP contribution in [0.2, 0.25) is 0 Å². The minimum atomic E-state index is -0.149. The fraction of sp³-hybridized carbons (Fsp3) is 0.889. The topological polar surface area (TPSA) is 72.0 Å². The average Bonchev–Trinajstić information content (AvgIpc) is 2.59. The Morgan fingerprint density at radius 1 is 1.24 bits per heavy atom. The van der Waals surface area contributed by atoms with Crippen LogP contribution < -0.4 is 10.6 Å². The van der Waals surface area contributed by atoms with Gasteiger partial charge in [-0.05, 0) is 39.0 Å². The van der Waals surface area contributed by atoms with Gasteiger partial charge in [0.1, 0.15) is 0 Å². The van der Waals surface area contributed by atoms with Gasteiger partial charge in [0.05, 0.1) is 13.2 Å². The van der Waals surface area contributed by atoms with E-state index in [0.29, 0.717) is 18.6 Å². The number of hydrogen-bond donors (Lipinski definition) is 2. The highest BCUT2D eigenvalue weighted by molar-refractivity contribution is 14.0. The first-order valence-corrected chi connectivity index (χ1v) is 9.23. The summed E-state index contributed by atoms with van der Waals surface area (Å²) in [4.78, 5) is 15.4. The van der Waals surface area contributed by atoms with Gasteiger partial charge in [-0.1, -0.05) is 13.8 Å². The van der Waals surface area contributed by atoms with Crippen LogP contribution in [0.15, 0.2) is 4.99 Å². The van der Waals surface area contributed by atoms with Crippen molar-refractivity contribution in [1.29, 1.82) is 0 Å². The monoisotopic (exact) mass is 469 g/mol. The molecule has 2 N–H and O–H groups in total. The number of nitrogens with one attached hydrogen (secondary N) is 2. The molecule has 0 amide bonds. The summed E-state index contributed by atoms with van der Waals surface area (Å²) in [7, 11) is 3.22. The molecule has 1 rings (SSSR count). The van der Waals surface area contributed by atoms with Gasteiger partial charge in [-0.3, -0.25) is 9.79 Å². The zero-order chi connectivity index (χ0) is 18.0. The van der Waals surface area contributed by atoms with E-state index in [1.807, 2.05) is 0 Å². The number of unbranched alkanes of at least 4 members (excludes halogenated alkanes) is 1. The molecule has 6 nitrogen and oxygen atoms in total. The number of ether oxygens (including phenoxy) is 2. The molecule has 2 atom stereocenters. The molecule has 0 aromatic rings. The molecule has 0 aromatic carbocycles. The smallest absolute Gasteiger partial charge is 0.305 e. The van der Waals surface area contributed by atoms with Crippen LogP contribution in [0, 0.1) is 5.41 Å². The van der Waals surface area contributed by atoms with Crippen molar-refractivity contribution in [3.05, 3.63) is 0 Å². The Balaban J connectivity index is 0.00000576. The van der Waals surface area contributed by atoms with Crippen molar-refractivity contribution in [2.45, 2.75) is 71.4 Å². The first kappa shape index (κ1) is 24.4. The Bertz CT molecular complexity index is 414. The van der Waals surface area contributed by atoms with Crippen molar-refractivity contribution in [3.8, 4) is 0 Å². The predicted octanol–water partition coefficient (Wildman–Crippen LogP) is 3.10. The fourth-order valence-corrected chi connectivity index (χ4v) is 3.65. The van der Waals surface area contributed by atoms with Crippen LogP contribution in [0.25, 0.3) is 0 Å². The normalized spacial score (nSPS) is 21.7. The van der Waals surface area contributed by atoms with Crippen LogP contribution in [0.3, 0.4) is 0 Å². The van der Waals surface area contributed by atoms with Crippen molar-refractivity contribution in [2.75, 3.05) is 27.3 Å². The van der Waals surface area contributed by atoms with Crippen molar-refractivity contribution < 1.29 is 14.3 Å². The van der Waals surface area contributed by atoms with Gasteiger partial charge in [0.2, 0.25) is 0 Å². The first-order chi connectivity index (χ1) is 11.6. The number of methoxy groups -OCH3 is 1. The first-order valence-electron chi connectivity index (χ1n) is 9.23. The van der Waals surface area contributed by atoms with E-state index < -0.39 is 0 Å². The molecule has 148 valence electrons. The number of carbonyl (C=O) groups is 1. The summed E-state index contributed by atoms with van der Waals surface area (Å²) in [6.45, 7) is 8.11. The third-order valence-electron chi connectivity index (χ3n) is 5.33. The largest absolute Gasteiger partial charge is 0.469 e. The van der Waals surface area contributed by atoms with E-state index in [2.05, 4.69) is 41.1 Å². The van der Waals surface area contributed by atoms with Crippen molar-refractivity contribution in [1.82, 2.24) is 10.6 Å².